The molecule has 0 saturated heterocycles. The monoisotopic (exact) mass is 238 g/mol. The lowest BCUT2D eigenvalue weighted by molar-refractivity contribution is 0.0598. The third-order valence-corrected chi connectivity index (χ3v) is 2.58. The molecule has 0 aromatic heterocycles. The summed E-state index contributed by atoms with van der Waals surface area (Å²) in [7, 11) is 1.21. The Balaban J connectivity index is 3.82. The van der Waals surface area contributed by atoms with E-state index in [1.165, 1.54) is 14.0 Å². The van der Waals surface area contributed by atoms with Crippen molar-refractivity contribution < 1.29 is 19.7 Å². The van der Waals surface area contributed by atoms with E-state index in [0.29, 0.717) is 12.0 Å². The second-order valence-corrected chi connectivity index (χ2v) is 3.58. The summed E-state index contributed by atoms with van der Waals surface area (Å²) in [5.74, 6) is -1.99. The lowest BCUT2D eigenvalue weighted by atomic mass is 10.0. The van der Waals surface area contributed by atoms with E-state index in [-0.39, 0.29) is 11.1 Å². The Labute approximate surface area is 98.3 Å². The summed E-state index contributed by atoms with van der Waals surface area (Å²) < 4.78 is 4.60. The van der Waals surface area contributed by atoms with Gasteiger partial charge in [0.25, 0.3) is 0 Å². The molecule has 0 aliphatic rings. The van der Waals surface area contributed by atoms with Gasteiger partial charge in [-0.25, -0.2) is 4.79 Å². The van der Waals surface area contributed by atoms with Gasteiger partial charge in [0.15, 0.2) is 5.75 Å². The van der Waals surface area contributed by atoms with Crippen molar-refractivity contribution in [2.45, 2.75) is 20.3 Å². The Hall–Kier alpha value is -2.04. The first kappa shape index (κ1) is 13.0. The molecule has 1 aromatic carbocycles. The summed E-state index contributed by atoms with van der Waals surface area (Å²) in [6, 6.07) is 1.13. The van der Waals surface area contributed by atoms with Crippen LogP contribution >= 0.6 is 0 Å². The van der Waals surface area contributed by atoms with Gasteiger partial charge in [-0.2, -0.15) is 0 Å². The van der Waals surface area contributed by atoms with Crippen LogP contribution < -0.4 is 5.43 Å². The third-order valence-electron chi connectivity index (χ3n) is 2.58. The van der Waals surface area contributed by atoms with Crippen LogP contribution in [0.1, 0.15) is 28.4 Å². The molecule has 0 saturated carbocycles. The molecule has 5 nitrogen and oxygen atoms in total. The molecule has 0 spiro atoms. The zero-order valence-electron chi connectivity index (χ0n) is 9.90. The molecule has 92 valence electrons. The van der Waals surface area contributed by atoms with Crippen molar-refractivity contribution >= 4 is 5.97 Å². The smallest absolute Gasteiger partial charge is 0.338 e. The minimum Gasteiger partial charge on any atom is -0.504 e. The molecule has 0 heterocycles. The normalized spacial score (nSPS) is 10.1. The van der Waals surface area contributed by atoms with Crippen molar-refractivity contribution in [3.05, 3.63) is 33.0 Å². The molecule has 1 aromatic rings. The topological polar surface area (TPSA) is 83.8 Å². The van der Waals surface area contributed by atoms with Gasteiger partial charge in [0, 0.05) is 5.56 Å². The molecule has 0 atom stereocenters. The second kappa shape index (κ2) is 4.86. The van der Waals surface area contributed by atoms with Crippen molar-refractivity contribution in [2.24, 2.45) is 0 Å². The first-order valence-electron chi connectivity index (χ1n) is 5.11. The van der Waals surface area contributed by atoms with Gasteiger partial charge in [-0.15, -0.1) is 0 Å². The summed E-state index contributed by atoms with van der Waals surface area (Å²) >= 11 is 0. The van der Waals surface area contributed by atoms with Crippen LogP contribution in [-0.4, -0.2) is 23.3 Å². The highest BCUT2D eigenvalue weighted by atomic mass is 16.5. The van der Waals surface area contributed by atoms with Crippen molar-refractivity contribution in [2.75, 3.05) is 7.11 Å². The van der Waals surface area contributed by atoms with Gasteiger partial charge in [-0.1, -0.05) is 6.92 Å². The minimum atomic E-state index is -0.757. The van der Waals surface area contributed by atoms with E-state index in [4.69, 9.17) is 0 Å². The van der Waals surface area contributed by atoms with Crippen LogP contribution in [-0.2, 0) is 11.2 Å². The highest BCUT2D eigenvalue weighted by molar-refractivity contribution is 5.93. The van der Waals surface area contributed by atoms with Crippen molar-refractivity contribution in [1.82, 2.24) is 0 Å². The van der Waals surface area contributed by atoms with Crippen LogP contribution in [0.5, 0.6) is 11.5 Å². The fraction of sp³-hybridized carbons (Fsp3) is 0.333. The van der Waals surface area contributed by atoms with Crippen LogP contribution in [0.3, 0.4) is 0 Å². The fourth-order valence-electron chi connectivity index (χ4n) is 1.62. The van der Waals surface area contributed by atoms with E-state index < -0.39 is 22.9 Å². The quantitative estimate of drug-likeness (QED) is 0.754. The Morgan fingerprint density at radius 2 is 1.94 bits per heavy atom. The number of methoxy groups -OCH3 is 1. The largest absolute Gasteiger partial charge is 0.504 e. The van der Waals surface area contributed by atoms with E-state index in [1.807, 2.05) is 0 Å². The van der Waals surface area contributed by atoms with Gasteiger partial charge in [-0.05, 0) is 25.0 Å². The zero-order chi connectivity index (χ0) is 13.2. The Kier molecular flexibility index (Phi) is 3.73. The number of aryl methyl sites for hydroxylation is 1. The number of rotatable bonds is 2. The molecule has 17 heavy (non-hydrogen) atoms. The molecule has 2 N–H and O–H groups in total. The lowest BCUT2D eigenvalue weighted by Crippen LogP contribution is -2.07. The van der Waals surface area contributed by atoms with Gasteiger partial charge in [-0.3, -0.25) is 4.79 Å². The number of carbonyl (C=O) groups is 1. The number of ether oxygens (including phenoxy) is 1. The molecule has 1 rings (SSSR count). The maximum Gasteiger partial charge on any atom is 0.338 e. The average Bonchev–Trinajstić information content (AvgIpc) is 2.41. The highest BCUT2D eigenvalue weighted by Crippen LogP contribution is 2.28. The van der Waals surface area contributed by atoms with Gasteiger partial charge in [0.05, 0.1) is 12.7 Å². The Bertz CT molecular complexity index is 519. The molecule has 0 aliphatic carbocycles. The average molecular weight is 238 g/mol. The molecule has 5 heteroatoms. The summed E-state index contributed by atoms with van der Waals surface area (Å²) in [5, 5.41) is 19.1. The summed E-state index contributed by atoms with van der Waals surface area (Å²) in [6.45, 7) is 3.20. The predicted octanol–water partition coefficient (Wildman–Crippen LogP) is 1.12. The predicted molar refractivity (Wildman–Crippen MR) is 61.5 cm³/mol. The molecule has 0 unspecified atom stereocenters. The van der Waals surface area contributed by atoms with Crippen LogP contribution in [0.15, 0.2) is 10.9 Å². The number of carbonyl (C=O) groups excluding carboxylic acids is 1. The maximum atomic E-state index is 11.6. The van der Waals surface area contributed by atoms with Crippen molar-refractivity contribution in [3.63, 3.8) is 0 Å². The van der Waals surface area contributed by atoms with Gasteiger partial charge >= 0.3 is 5.97 Å². The second-order valence-electron chi connectivity index (χ2n) is 3.58. The Morgan fingerprint density at radius 1 is 1.35 bits per heavy atom. The lowest BCUT2D eigenvalue weighted by Gasteiger charge is -2.05. The SMILES string of the molecule is CCc1cc(=O)c(O)c(O)c(C)c1C(=O)OC. The number of hydrogen-bond donors (Lipinski definition) is 2. The molecular formula is C12H14O5. The van der Waals surface area contributed by atoms with Crippen LogP contribution in [0.4, 0.5) is 0 Å². The number of hydrogen-bond acceptors (Lipinski definition) is 5. The summed E-state index contributed by atoms with van der Waals surface area (Å²) in [4.78, 5) is 23.1. The van der Waals surface area contributed by atoms with Gasteiger partial charge in [0.2, 0.25) is 11.2 Å². The van der Waals surface area contributed by atoms with E-state index in [0.717, 1.165) is 6.07 Å². The van der Waals surface area contributed by atoms with Gasteiger partial charge < -0.3 is 14.9 Å². The summed E-state index contributed by atoms with van der Waals surface area (Å²) in [6.07, 6.45) is 0.411. The molecule has 0 aliphatic heterocycles. The first-order chi connectivity index (χ1) is 7.93. The van der Waals surface area contributed by atoms with Crippen LogP contribution in [0, 0.1) is 6.92 Å². The minimum absolute atomic E-state index is 0.116. The third kappa shape index (κ3) is 2.22. The molecule has 0 amide bonds. The molecular weight excluding hydrogens is 224 g/mol. The molecule has 0 radical (unpaired) electrons. The number of esters is 1. The van der Waals surface area contributed by atoms with E-state index in [1.54, 1.807) is 6.92 Å². The fourth-order valence-corrected chi connectivity index (χ4v) is 1.62. The van der Waals surface area contributed by atoms with Crippen LogP contribution in [0.25, 0.3) is 0 Å². The van der Waals surface area contributed by atoms with Gasteiger partial charge in [0.1, 0.15) is 0 Å². The molecule has 0 fully saturated rings. The zero-order valence-corrected chi connectivity index (χ0v) is 9.90. The van der Waals surface area contributed by atoms with Crippen LogP contribution in [0.2, 0.25) is 0 Å². The highest BCUT2D eigenvalue weighted by Gasteiger charge is 2.19. The van der Waals surface area contributed by atoms with E-state index in [9.17, 15) is 19.8 Å². The Morgan fingerprint density at radius 3 is 2.41 bits per heavy atom. The van der Waals surface area contributed by atoms with Crippen molar-refractivity contribution in [3.8, 4) is 11.5 Å². The summed E-state index contributed by atoms with van der Waals surface area (Å²) in [5.41, 5.74) is -0.0502. The number of aromatic hydroxyl groups is 2. The first-order valence-corrected chi connectivity index (χ1v) is 5.11. The van der Waals surface area contributed by atoms with E-state index >= 15 is 0 Å². The van der Waals surface area contributed by atoms with Crippen molar-refractivity contribution in [1.29, 1.82) is 0 Å². The standard InChI is InChI=1S/C12H14O5/c1-4-7-5-8(13)11(15)10(14)6(2)9(7)12(16)17-3/h5H,4H2,1-3H3,(H2,13,14,15). The molecule has 0 bridgehead atoms. The maximum absolute atomic E-state index is 11.6. The van der Waals surface area contributed by atoms with E-state index in [2.05, 4.69) is 4.74 Å².